The maximum Gasteiger partial charge on any atom is 0.246 e. The number of fused-ring (bicyclic) bond motifs is 1. The number of benzene rings is 1. The Morgan fingerprint density at radius 1 is 1.11 bits per heavy atom. The molecular formula is C21H28N4O2. The highest BCUT2D eigenvalue weighted by molar-refractivity contribution is 5.88. The average molecular weight is 368 g/mol. The molecule has 6 nitrogen and oxygen atoms in total. The lowest BCUT2D eigenvalue weighted by atomic mass is 10.1. The van der Waals surface area contributed by atoms with Gasteiger partial charge in [-0.25, -0.2) is 0 Å². The molecule has 1 aromatic carbocycles. The standard InChI is InChI=1S/C21H28N4O2/c26-20(9-5-6-16-14-23-18-8-2-1-7-17(16)18)25-13-10-22-15-19(25)21(27)24-11-3-4-12-24/h1-2,7-8,14,19,22-23H,3-6,9-13,15H2. The summed E-state index contributed by atoms with van der Waals surface area (Å²) in [5.74, 6) is 0.221. The fraction of sp³-hybridized carbons (Fsp3) is 0.524. The predicted molar refractivity (Wildman–Crippen MR) is 105 cm³/mol. The van der Waals surface area contributed by atoms with E-state index in [4.69, 9.17) is 0 Å². The Kier molecular flexibility index (Phi) is 5.43. The number of piperazine rings is 1. The van der Waals surface area contributed by atoms with Crippen LogP contribution in [0.1, 0.15) is 31.2 Å². The number of rotatable bonds is 5. The number of nitrogens with one attached hydrogen (secondary N) is 2. The zero-order chi connectivity index (χ0) is 18.6. The molecule has 0 aliphatic carbocycles. The minimum atomic E-state index is -0.336. The Balaban J connectivity index is 1.35. The molecule has 1 unspecified atom stereocenters. The lowest BCUT2D eigenvalue weighted by molar-refractivity contribution is -0.146. The maximum absolute atomic E-state index is 12.8. The average Bonchev–Trinajstić information content (AvgIpc) is 3.38. The van der Waals surface area contributed by atoms with E-state index in [1.807, 2.05) is 28.1 Å². The van der Waals surface area contributed by atoms with Crippen LogP contribution >= 0.6 is 0 Å². The van der Waals surface area contributed by atoms with Crippen LogP contribution in [0.25, 0.3) is 10.9 Å². The summed E-state index contributed by atoms with van der Waals surface area (Å²) in [6, 6.07) is 7.91. The lowest BCUT2D eigenvalue weighted by Gasteiger charge is -2.37. The van der Waals surface area contributed by atoms with Crippen LogP contribution in [0.2, 0.25) is 0 Å². The van der Waals surface area contributed by atoms with Gasteiger partial charge in [0, 0.05) is 56.2 Å². The minimum Gasteiger partial charge on any atom is -0.361 e. The van der Waals surface area contributed by atoms with Crippen molar-refractivity contribution in [2.75, 3.05) is 32.7 Å². The molecule has 0 saturated carbocycles. The summed E-state index contributed by atoms with van der Waals surface area (Å²) in [7, 11) is 0. The van der Waals surface area contributed by atoms with Gasteiger partial charge in [-0.3, -0.25) is 9.59 Å². The molecule has 2 aliphatic rings. The van der Waals surface area contributed by atoms with Crippen molar-refractivity contribution in [1.82, 2.24) is 20.1 Å². The second kappa shape index (κ2) is 8.13. The van der Waals surface area contributed by atoms with Gasteiger partial charge in [-0.1, -0.05) is 18.2 Å². The Morgan fingerprint density at radius 2 is 1.93 bits per heavy atom. The molecule has 0 bridgehead atoms. The van der Waals surface area contributed by atoms with Gasteiger partial charge < -0.3 is 20.1 Å². The molecule has 2 amide bonds. The highest BCUT2D eigenvalue weighted by Crippen LogP contribution is 2.20. The first-order chi connectivity index (χ1) is 13.2. The van der Waals surface area contributed by atoms with Gasteiger partial charge in [0.05, 0.1) is 0 Å². The topological polar surface area (TPSA) is 68.4 Å². The molecule has 2 fully saturated rings. The van der Waals surface area contributed by atoms with E-state index in [-0.39, 0.29) is 17.9 Å². The molecule has 27 heavy (non-hydrogen) atoms. The van der Waals surface area contributed by atoms with Crippen molar-refractivity contribution in [2.45, 2.75) is 38.1 Å². The third kappa shape index (κ3) is 3.86. The summed E-state index contributed by atoms with van der Waals surface area (Å²) < 4.78 is 0. The van der Waals surface area contributed by atoms with Crippen LogP contribution in [0.15, 0.2) is 30.5 Å². The van der Waals surface area contributed by atoms with Crippen molar-refractivity contribution in [3.8, 4) is 0 Å². The SMILES string of the molecule is O=C(C1CNCCN1C(=O)CCCc1c[nH]c2ccccc12)N1CCCC1. The molecule has 2 N–H and O–H groups in total. The predicted octanol–water partition coefficient (Wildman–Crippen LogP) is 1.91. The molecule has 144 valence electrons. The fourth-order valence-electron chi connectivity index (χ4n) is 4.28. The van der Waals surface area contributed by atoms with Crippen molar-refractivity contribution >= 4 is 22.7 Å². The summed E-state index contributed by atoms with van der Waals surface area (Å²) in [5, 5.41) is 4.51. The van der Waals surface area contributed by atoms with Crippen LogP contribution in [-0.4, -0.2) is 65.4 Å². The van der Waals surface area contributed by atoms with Gasteiger partial charge in [0.2, 0.25) is 11.8 Å². The second-order valence-corrected chi connectivity index (χ2v) is 7.55. The summed E-state index contributed by atoms with van der Waals surface area (Å²) in [6.45, 7) is 3.62. The number of likely N-dealkylation sites (tertiary alicyclic amines) is 1. The van der Waals surface area contributed by atoms with E-state index in [9.17, 15) is 9.59 Å². The minimum absolute atomic E-state index is 0.105. The van der Waals surface area contributed by atoms with Crippen LogP contribution in [0.4, 0.5) is 0 Å². The Hall–Kier alpha value is -2.34. The highest BCUT2D eigenvalue weighted by atomic mass is 16.2. The zero-order valence-electron chi connectivity index (χ0n) is 15.7. The number of nitrogens with zero attached hydrogens (tertiary/aromatic N) is 2. The molecular weight excluding hydrogens is 340 g/mol. The summed E-state index contributed by atoms with van der Waals surface area (Å²) in [6.07, 6.45) is 6.35. The maximum atomic E-state index is 12.8. The smallest absolute Gasteiger partial charge is 0.246 e. The molecule has 2 saturated heterocycles. The molecule has 0 radical (unpaired) electrons. The summed E-state index contributed by atoms with van der Waals surface area (Å²) in [4.78, 5) is 32.7. The number of H-pyrrole nitrogens is 1. The molecule has 2 aromatic rings. The number of aromatic amines is 1. The van der Waals surface area contributed by atoms with Crippen molar-refractivity contribution in [3.05, 3.63) is 36.0 Å². The molecule has 6 heteroatoms. The molecule has 0 spiro atoms. The van der Waals surface area contributed by atoms with Crippen LogP contribution in [-0.2, 0) is 16.0 Å². The van der Waals surface area contributed by atoms with Crippen molar-refractivity contribution < 1.29 is 9.59 Å². The number of aryl methyl sites for hydroxylation is 1. The van der Waals surface area contributed by atoms with E-state index in [0.717, 1.165) is 50.8 Å². The van der Waals surface area contributed by atoms with Gasteiger partial charge in [0.1, 0.15) is 6.04 Å². The van der Waals surface area contributed by atoms with Crippen LogP contribution < -0.4 is 5.32 Å². The van der Waals surface area contributed by atoms with E-state index < -0.39 is 0 Å². The lowest BCUT2D eigenvalue weighted by Crippen LogP contribution is -2.59. The number of amides is 2. The van der Waals surface area contributed by atoms with Crippen molar-refractivity contribution in [3.63, 3.8) is 0 Å². The van der Waals surface area contributed by atoms with Crippen molar-refractivity contribution in [1.29, 1.82) is 0 Å². The zero-order valence-corrected chi connectivity index (χ0v) is 15.7. The first-order valence-electron chi connectivity index (χ1n) is 10.1. The largest absolute Gasteiger partial charge is 0.361 e. The van der Waals surface area contributed by atoms with Gasteiger partial charge in [0.15, 0.2) is 0 Å². The van der Waals surface area contributed by atoms with Crippen LogP contribution in [0.3, 0.4) is 0 Å². The van der Waals surface area contributed by atoms with Crippen LogP contribution in [0.5, 0.6) is 0 Å². The molecule has 1 aromatic heterocycles. The van der Waals surface area contributed by atoms with Gasteiger partial charge in [-0.05, 0) is 37.3 Å². The van der Waals surface area contributed by atoms with Gasteiger partial charge in [-0.15, -0.1) is 0 Å². The Morgan fingerprint density at radius 3 is 2.78 bits per heavy atom. The third-order valence-electron chi connectivity index (χ3n) is 5.78. The van der Waals surface area contributed by atoms with E-state index in [0.29, 0.717) is 19.5 Å². The molecule has 2 aliphatic heterocycles. The third-order valence-corrected chi connectivity index (χ3v) is 5.78. The number of hydrogen-bond donors (Lipinski definition) is 2. The van der Waals surface area contributed by atoms with Gasteiger partial charge >= 0.3 is 0 Å². The van der Waals surface area contributed by atoms with Crippen molar-refractivity contribution in [2.24, 2.45) is 0 Å². The number of carbonyl (C=O) groups excluding carboxylic acids is 2. The highest BCUT2D eigenvalue weighted by Gasteiger charge is 2.35. The number of carbonyl (C=O) groups is 2. The quantitative estimate of drug-likeness (QED) is 0.847. The molecule has 3 heterocycles. The number of hydrogen-bond acceptors (Lipinski definition) is 3. The summed E-state index contributed by atoms with van der Waals surface area (Å²) >= 11 is 0. The van der Waals surface area contributed by atoms with Gasteiger partial charge in [0.25, 0.3) is 0 Å². The van der Waals surface area contributed by atoms with Gasteiger partial charge in [-0.2, -0.15) is 0 Å². The van der Waals surface area contributed by atoms with E-state index in [2.05, 4.69) is 22.4 Å². The van der Waals surface area contributed by atoms with Crippen LogP contribution in [0, 0.1) is 0 Å². The monoisotopic (exact) mass is 368 g/mol. The Labute approximate surface area is 159 Å². The van der Waals surface area contributed by atoms with E-state index >= 15 is 0 Å². The fourth-order valence-corrected chi connectivity index (χ4v) is 4.28. The van der Waals surface area contributed by atoms with E-state index in [1.54, 1.807) is 0 Å². The molecule has 4 rings (SSSR count). The first kappa shape index (κ1) is 18.0. The van der Waals surface area contributed by atoms with E-state index in [1.165, 1.54) is 10.9 Å². The number of para-hydroxylation sites is 1. The normalized spacial score (nSPS) is 20.4. The summed E-state index contributed by atoms with van der Waals surface area (Å²) in [5.41, 5.74) is 2.39. The number of aromatic nitrogens is 1. The molecule has 1 atom stereocenters. The second-order valence-electron chi connectivity index (χ2n) is 7.55. The Bertz CT molecular complexity index is 809. The first-order valence-corrected chi connectivity index (χ1v) is 10.1.